The van der Waals surface area contributed by atoms with E-state index in [1.807, 2.05) is 13.8 Å². The number of carbonyl (C=O) groups is 1. The molecule has 0 heterocycles. The highest BCUT2D eigenvalue weighted by Gasteiger charge is 2.29. The molecule has 3 heteroatoms. The molecule has 0 radical (unpaired) electrons. The van der Waals surface area contributed by atoms with E-state index in [9.17, 15) is 4.79 Å². The predicted octanol–water partition coefficient (Wildman–Crippen LogP) is 2.34. The van der Waals surface area contributed by atoms with Crippen molar-refractivity contribution in [1.82, 2.24) is 5.32 Å². The van der Waals surface area contributed by atoms with Crippen molar-refractivity contribution in [3.8, 4) is 0 Å². The van der Waals surface area contributed by atoms with Crippen LogP contribution in [-0.2, 0) is 4.79 Å². The maximum atomic E-state index is 11.8. The second kappa shape index (κ2) is 6.24. The molecule has 0 aromatic heterocycles. The molecule has 0 spiro atoms. The molecule has 0 aliphatic heterocycles. The smallest absolute Gasteiger partial charge is 0.225 e. The quantitative estimate of drug-likeness (QED) is 0.704. The van der Waals surface area contributed by atoms with Gasteiger partial charge in [0.25, 0.3) is 0 Å². The molecule has 16 heavy (non-hydrogen) atoms. The molecule has 0 unspecified atom stereocenters. The van der Waals surface area contributed by atoms with Gasteiger partial charge < -0.3 is 10.4 Å². The van der Waals surface area contributed by atoms with Crippen LogP contribution in [0.5, 0.6) is 0 Å². The van der Waals surface area contributed by atoms with E-state index in [0.29, 0.717) is 12.0 Å². The average molecular weight is 229 g/mol. The summed E-state index contributed by atoms with van der Waals surface area (Å²) < 4.78 is 0. The molecular weight excluding hydrogens is 202 g/mol. The Hall–Kier alpha value is -0.570. The SMILES string of the molecule is CCC(C)(C)CCC(C)(C)C(=O)NCCO. The van der Waals surface area contributed by atoms with E-state index < -0.39 is 0 Å². The van der Waals surface area contributed by atoms with Crippen LogP contribution in [0.1, 0.15) is 53.9 Å². The van der Waals surface area contributed by atoms with Crippen molar-refractivity contribution in [3.63, 3.8) is 0 Å². The van der Waals surface area contributed by atoms with Crippen molar-refractivity contribution in [2.24, 2.45) is 10.8 Å². The van der Waals surface area contributed by atoms with Crippen molar-refractivity contribution in [3.05, 3.63) is 0 Å². The van der Waals surface area contributed by atoms with Crippen LogP contribution >= 0.6 is 0 Å². The standard InChI is InChI=1S/C13H27NO2/c1-6-12(2,3)7-8-13(4,5)11(16)14-9-10-15/h15H,6-10H2,1-5H3,(H,14,16). The van der Waals surface area contributed by atoms with Crippen LogP contribution in [0, 0.1) is 10.8 Å². The van der Waals surface area contributed by atoms with E-state index in [2.05, 4.69) is 26.1 Å². The van der Waals surface area contributed by atoms with Crippen molar-refractivity contribution in [2.45, 2.75) is 53.9 Å². The van der Waals surface area contributed by atoms with Crippen LogP contribution in [0.2, 0.25) is 0 Å². The Bertz CT molecular complexity index is 222. The van der Waals surface area contributed by atoms with Crippen LogP contribution < -0.4 is 5.32 Å². The summed E-state index contributed by atoms with van der Waals surface area (Å²) in [6, 6.07) is 0. The lowest BCUT2D eigenvalue weighted by atomic mass is 9.77. The maximum Gasteiger partial charge on any atom is 0.225 e. The Kier molecular flexibility index (Phi) is 6.01. The van der Waals surface area contributed by atoms with E-state index in [4.69, 9.17) is 5.11 Å². The lowest BCUT2D eigenvalue weighted by Gasteiger charge is -2.29. The molecule has 0 aliphatic rings. The molecule has 2 N–H and O–H groups in total. The lowest BCUT2D eigenvalue weighted by Crippen LogP contribution is -2.38. The van der Waals surface area contributed by atoms with Gasteiger partial charge in [-0.3, -0.25) is 4.79 Å². The number of aliphatic hydroxyl groups excluding tert-OH is 1. The summed E-state index contributed by atoms with van der Waals surface area (Å²) in [5, 5.41) is 11.4. The molecule has 0 saturated heterocycles. The number of aliphatic hydroxyl groups is 1. The zero-order chi connectivity index (χ0) is 12.8. The zero-order valence-electron chi connectivity index (χ0n) is 11.4. The summed E-state index contributed by atoms with van der Waals surface area (Å²) in [4.78, 5) is 11.8. The summed E-state index contributed by atoms with van der Waals surface area (Å²) in [5.41, 5.74) is -0.0455. The average Bonchev–Trinajstić information content (AvgIpc) is 2.23. The van der Waals surface area contributed by atoms with E-state index in [1.165, 1.54) is 0 Å². The van der Waals surface area contributed by atoms with Gasteiger partial charge >= 0.3 is 0 Å². The Labute approximate surface area is 99.6 Å². The Morgan fingerprint density at radius 1 is 1.19 bits per heavy atom. The highest BCUT2D eigenvalue weighted by molar-refractivity contribution is 5.81. The third kappa shape index (κ3) is 5.50. The molecule has 96 valence electrons. The van der Waals surface area contributed by atoms with Gasteiger partial charge in [-0.05, 0) is 18.3 Å². The molecule has 1 amide bonds. The van der Waals surface area contributed by atoms with Crippen LogP contribution in [0.3, 0.4) is 0 Å². The molecule has 0 atom stereocenters. The minimum absolute atomic E-state index is 0.00226. The van der Waals surface area contributed by atoms with E-state index >= 15 is 0 Å². The monoisotopic (exact) mass is 229 g/mol. The van der Waals surface area contributed by atoms with Gasteiger partial charge in [0.2, 0.25) is 5.91 Å². The van der Waals surface area contributed by atoms with Crippen LogP contribution in [0.25, 0.3) is 0 Å². The van der Waals surface area contributed by atoms with Gasteiger partial charge in [0.15, 0.2) is 0 Å². The van der Waals surface area contributed by atoms with Gasteiger partial charge in [-0.1, -0.05) is 41.0 Å². The third-order valence-electron chi connectivity index (χ3n) is 3.40. The molecule has 0 saturated carbocycles. The minimum Gasteiger partial charge on any atom is -0.395 e. The summed E-state index contributed by atoms with van der Waals surface area (Å²) in [6.45, 7) is 10.9. The second-order valence-electron chi connectivity index (χ2n) is 5.88. The van der Waals surface area contributed by atoms with E-state index in [0.717, 1.165) is 19.3 Å². The molecule has 0 bridgehead atoms. The van der Waals surface area contributed by atoms with Gasteiger partial charge in [0.1, 0.15) is 0 Å². The highest BCUT2D eigenvalue weighted by Crippen LogP contribution is 2.33. The molecule has 0 fully saturated rings. The number of carbonyl (C=O) groups excluding carboxylic acids is 1. The van der Waals surface area contributed by atoms with Crippen LogP contribution in [0.15, 0.2) is 0 Å². The van der Waals surface area contributed by atoms with Crippen LogP contribution in [-0.4, -0.2) is 24.2 Å². The van der Waals surface area contributed by atoms with Crippen molar-refractivity contribution in [1.29, 1.82) is 0 Å². The highest BCUT2D eigenvalue weighted by atomic mass is 16.3. The van der Waals surface area contributed by atoms with Crippen molar-refractivity contribution >= 4 is 5.91 Å². The normalized spacial score (nSPS) is 12.6. The fraction of sp³-hybridized carbons (Fsp3) is 0.923. The molecule has 0 aliphatic carbocycles. The predicted molar refractivity (Wildman–Crippen MR) is 67.2 cm³/mol. The topological polar surface area (TPSA) is 49.3 Å². The lowest BCUT2D eigenvalue weighted by molar-refractivity contribution is -0.130. The first-order chi connectivity index (χ1) is 7.25. The number of rotatable bonds is 7. The Morgan fingerprint density at radius 3 is 2.19 bits per heavy atom. The summed E-state index contributed by atoms with van der Waals surface area (Å²) >= 11 is 0. The number of hydrogen-bond acceptors (Lipinski definition) is 2. The van der Waals surface area contributed by atoms with Gasteiger partial charge in [0.05, 0.1) is 6.61 Å². The first-order valence-corrected chi connectivity index (χ1v) is 6.14. The molecule has 3 nitrogen and oxygen atoms in total. The zero-order valence-corrected chi connectivity index (χ0v) is 11.4. The number of nitrogens with one attached hydrogen (secondary N) is 1. The van der Waals surface area contributed by atoms with Crippen LogP contribution in [0.4, 0.5) is 0 Å². The van der Waals surface area contributed by atoms with Gasteiger partial charge in [-0.2, -0.15) is 0 Å². The molecule has 0 aromatic carbocycles. The maximum absolute atomic E-state index is 11.8. The minimum atomic E-state index is -0.346. The fourth-order valence-corrected chi connectivity index (χ4v) is 1.35. The number of hydrogen-bond donors (Lipinski definition) is 2. The molecular formula is C13H27NO2. The Balaban J connectivity index is 4.18. The fourth-order valence-electron chi connectivity index (χ4n) is 1.35. The largest absolute Gasteiger partial charge is 0.395 e. The van der Waals surface area contributed by atoms with Crippen molar-refractivity contribution < 1.29 is 9.90 Å². The second-order valence-corrected chi connectivity index (χ2v) is 5.88. The summed E-state index contributed by atoms with van der Waals surface area (Å²) in [5.74, 6) is 0.0356. The van der Waals surface area contributed by atoms with Crippen molar-refractivity contribution in [2.75, 3.05) is 13.2 Å². The number of amides is 1. The van der Waals surface area contributed by atoms with Gasteiger partial charge in [0, 0.05) is 12.0 Å². The third-order valence-corrected chi connectivity index (χ3v) is 3.40. The molecule has 0 rings (SSSR count). The summed E-state index contributed by atoms with van der Waals surface area (Å²) in [6.07, 6.45) is 3.05. The molecule has 0 aromatic rings. The summed E-state index contributed by atoms with van der Waals surface area (Å²) in [7, 11) is 0. The Morgan fingerprint density at radius 2 is 1.75 bits per heavy atom. The first kappa shape index (κ1) is 15.4. The van der Waals surface area contributed by atoms with Gasteiger partial charge in [-0.15, -0.1) is 0 Å². The van der Waals surface area contributed by atoms with Gasteiger partial charge in [-0.25, -0.2) is 0 Å². The van der Waals surface area contributed by atoms with E-state index in [1.54, 1.807) is 0 Å². The first-order valence-electron chi connectivity index (χ1n) is 6.14. The van der Waals surface area contributed by atoms with E-state index in [-0.39, 0.29) is 17.9 Å².